The van der Waals surface area contributed by atoms with Crippen molar-refractivity contribution in [1.29, 1.82) is 0 Å². The van der Waals surface area contributed by atoms with Crippen LogP contribution in [-0.2, 0) is 11.3 Å². The van der Waals surface area contributed by atoms with Gasteiger partial charge in [0.15, 0.2) is 5.16 Å². The monoisotopic (exact) mass is 363 g/mol. The highest BCUT2D eigenvalue weighted by atomic mass is 32.2. The van der Waals surface area contributed by atoms with Gasteiger partial charge in [-0.2, -0.15) is 13.2 Å². The zero-order valence-corrected chi connectivity index (χ0v) is 13.4. The Morgan fingerprint density at radius 1 is 1.38 bits per heavy atom. The van der Waals surface area contributed by atoms with E-state index in [0.717, 1.165) is 30.4 Å². The van der Waals surface area contributed by atoms with Gasteiger partial charge in [0.05, 0.1) is 5.75 Å². The minimum Gasteiger partial charge on any atom is -0.329 e. The molecule has 11 heteroatoms. The molecule has 1 fully saturated rings. The summed E-state index contributed by atoms with van der Waals surface area (Å²) in [6, 6.07) is -1.19. The summed E-state index contributed by atoms with van der Waals surface area (Å²) in [5.74, 6) is 0.314. The first-order valence-electron chi connectivity index (χ1n) is 7.11. The number of nitrogens with zero attached hydrogens (tertiary/aromatic N) is 3. The molecule has 132 valence electrons. The van der Waals surface area contributed by atoms with Crippen molar-refractivity contribution >= 4 is 23.7 Å². The van der Waals surface area contributed by atoms with Gasteiger partial charge in [0.25, 0.3) is 0 Å². The lowest BCUT2D eigenvalue weighted by atomic mass is 10.4. The second-order valence-electron chi connectivity index (χ2n) is 5.15. The maximum absolute atomic E-state index is 12.0. The molecule has 0 bridgehead atoms. The van der Waals surface area contributed by atoms with Crippen LogP contribution in [0.15, 0.2) is 17.8 Å². The maximum atomic E-state index is 12.0. The number of hydrogen-bond acceptors (Lipinski definition) is 5. The fourth-order valence-electron chi connectivity index (χ4n) is 1.87. The van der Waals surface area contributed by atoms with Crippen molar-refractivity contribution in [2.24, 2.45) is 0 Å². The third-order valence-corrected chi connectivity index (χ3v) is 4.00. The molecule has 3 amide bonds. The van der Waals surface area contributed by atoms with Crippen LogP contribution >= 0.6 is 11.8 Å². The van der Waals surface area contributed by atoms with Crippen molar-refractivity contribution in [1.82, 2.24) is 25.4 Å². The summed E-state index contributed by atoms with van der Waals surface area (Å²) in [5, 5.41) is 12.0. The lowest BCUT2D eigenvalue weighted by Crippen LogP contribution is -2.43. The van der Waals surface area contributed by atoms with Crippen LogP contribution in [0.2, 0.25) is 0 Å². The SMILES string of the molecule is C=CCn1c(SCC(=O)NC(=O)NCC(F)(F)F)nnc1C1CC1. The Morgan fingerprint density at radius 2 is 2.08 bits per heavy atom. The van der Waals surface area contributed by atoms with Gasteiger partial charge < -0.3 is 9.88 Å². The molecule has 0 unspecified atom stereocenters. The summed E-state index contributed by atoms with van der Waals surface area (Å²) >= 11 is 1.05. The van der Waals surface area contributed by atoms with E-state index in [1.54, 1.807) is 11.4 Å². The Bertz CT molecular complexity index is 628. The first kappa shape index (κ1) is 18.3. The molecular weight excluding hydrogens is 347 g/mol. The number of rotatable bonds is 7. The van der Waals surface area contributed by atoms with Crippen LogP contribution in [0.1, 0.15) is 24.6 Å². The Kier molecular flexibility index (Phi) is 5.86. The number of urea groups is 1. The lowest BCUT2D eigenvalue weighted by Gasteiger charge is -2.09. The van der Waals surface area contributed by atoms with E-state index in [-0.39, 0.29) is 5.75 Å². The number of amides is 3. The smallest absolute Gasteiger partial charge is 0.329 e. The molecule has 1 saturated carbocycles. The first-order chi connectivity index (χ1) is 11.3. The molecular formula is C13H16F3N5O2S. The van der Waals surface area contributed by atoms with Gasteiger partial charge in [-0.3, -0.25) is 10.1 Å². The molecule has 0 aliphatic heterocycles. The van der Waals surface area contributed by atoms with Gasteiger partial charge in [0, 0.05) is 12.5 Å². The predicted molar refractivity (Wildman–Crippen MR) is 80.5 cm³/mol. The molecule has 1 heterocycles. The zero-order chi connectivity index (χ0) is 17.7. The van der Waals surface area contributed by atoms with Gasteiger partial charge in [0.1, 0.15) is 12.4 Å². The molecule has 7 nitrogen and oxygen atoms in total. The van der Waals surface area contributed by atoms with E-state index in [4.69, 9.17) is 0 Å². The quantitative estimate of drug-likeness (QED) is 0.570. The Hall–Kier alpha value is -2.04. The number of carbonyl (C=O) groups is 2. The van der Waals surface area contributed by atoms with Gasteiger partial charge in [-0.15, -0.1) is 16.8 Å². The number of imide groups is 1. The van der Waals surface area contributed by atoms with Crippen LogP contribution in [-0.4, -0.2) is 45.2 Å². The number of nitrogens with one attached hydrogen (secondary N) is 2. The molecule has 2 rings (SSSR count). The van der Waals surface area contributed by atoms with Crippen molar-refractivity contribution in [3.05, 3.63) is 18.5 Å². The molecule has 0 radical (unpaired) electrons. The van der Waals surface area contributed by atoms with E-state index >= 15 is 0 Å². The Labute approximate surface area is 140 Å². The molecule has 1 aromatic heterocycles. The highest BCUT2D eigenvalue weighted by Gasteiger charge is 2.30. The normalized spacial score (nSPS) is 14.3. The summed E-state index contributed by atoms with van der Waals surface area (Å²) in [6.07, 6.45) is -0.765. The van der Waals surface area contributed by atoms with Gasteiger partial charge in [-0.25, -0.2) is 4.79 Å². The first-order valence-corrected chi connectivity index (χ1v) is 8.10. The van der Waals surface area contributed by atoms with Crippen molar-refractivity contribution in [2.75, 3.05) is 12.3 Å². The van der Waals surface area contributed by atoms with E-state index in [1.165, 1.54) is 0 Å². The number of alkyl halides is 3. The van der Waals surface area contributed by atoms with Crippen molar-refractivity contribution < 1.29 is 22.8 Å². The van der Waals surface area contributed by atoms with E-state index < -0.39 is 24.7 Å². The van der Waals surface area contributed by atoms with Crippen LogP contribution in [0.4, 0.5) is 18.0 Å². The van der Waals surface area contributed by atoms with Crippen LogP contribution in [0.5, 0.6) is 0 Å². The third-order valence-electron chi connectivity index (χ3n) is 3.03. The van der Waals surface area contributed by atoms with Gasteiger partial charge in [-0.05, 0) is 12.8 Å². The van der Waals surface area contributed by atoms with Crippen molar-refractivity contribution in [3.8, 4) is 0 Å². The molecule has 0 aromatic carbocycles. The summed E-state index contributed by atoms with van der Waals surface area (Å²) in [4.78, 5) is 22.8. The van der Waals surface area contributed by atoms with Gasteiger partial charge in [0.2, 0.25) is 5.91 Å². The van der Waals surface area contributed by atoms with Crippen LogP contribution < -0.4 is 10.6 Å². The highest BCUT2D eigenvalue weighted by Crippen LogP contribution is 2.40. The summed E-state index contributed by atoms with van der Waals surface area (Å²) in [7, 11) is 0. The average molecular weight is 363 g/mol. The van der Waals surface area contributed by atoms with E-state index in [1.807, 2.05) is 9.88 Å². The van der Waals surface area contributed by atoms with Crippen molar-refractivity contribution in [2.45, 2.75) is 36.6 Å². The molecule has 1 aliphatic rings. The minimum absolute atomic E-state index is 0.167. The topological polar surface area (TPSA) is 88.9 Å². The van der Waals surface area contributed by atoms with E-state index in [2.05, 4.69) is 16.8 Å². The number of aromatic nitrogens is 3. The fraction of sp³-hybridized carbons (Fsp3) is 0.538. The molecule has 24 heavy (non-hydrogen) atoms. The van der Waals surface area contributed by atoms with E-state index in [9.17, 15) is 22.8 Å². The van der Waals surface area contributed by atoms with Crippen LogP contribution in [0.3, 0.4) is 0 Å². The summed E-state index contributed by atoms with van der Waals surface area (Å²) in [6.45, 7) is 2.66. The number of allylic oxidation sites excluding steroid dienone is 1. The van der Waals surface area contributed by atoms with E-state index in [0.29, 0.717) is 17.6 Å². The Balaban J connectivity index is 1.83. The fourth-order valence-corrected chi connectivity index (χ4v) is 2.62. The van der Waals surface area contributed by atoms with Crippen molar-refractivity contribution in [3.63, 3.8) is 0 Å². The average Bonchev–Trinajstić information content (AvgIpc) is 3.25. The number of hydrogen-bond donors (Lipinski definition) is 2. The number of thioether (sulfide) groups is 1. The second kappa shape index (κ2) is 7.69. The summed E-state index contributed by atoms with van der Waals surface area (Å²) < 4.78 is 37.7. The molecule has 1 aliphatic carbocycles. The molecule has 0 spiro atoms. The largest absolute Gasteiger partial charge is 0.405 e. The standard InChI is InChI=1S/C13H16F3N5O2S/c1-2-5-21-10(8-3-4-8)19-20-12(21)24-6-9(22)18-11(23)17-7-13(14,15)16/h2,8H,1,3-7H2,(H2,17,18,22,23). The van der Waals surface area contributed by atoms with Gasteiger partial charge >= 0.3 is 12.2 Å². The summed E-state index contributed by atoms with van der Waals surface area (Å²) in [5.41, 5.74) is 0. The minimum atomic E-state index is -4.53. The lowest BCUT2D eigenvalue weighted by molar-refractivity contribution is -0.124. The number of carbonyl (C=O) groups excluding carboxylic acids is 2. The van der Waals surface area contributed by atoms with Crippen LogP contribution in [0, 0.1) is 0 Å². The number of halogens is 3. The highest BCUT2D eigenvalue weighted by molar-refractivity contribution is 7.99. The molecule has 1 aromatic rings. The zero-order valence-electron chi connectivity index (χ0n) is 12.6. The van der Waals surface area contributed by atoms with Crippen LogP contribution in [0.25, 0.3) is 0 Å². The molecule has 0 saturated heterocycles. The third kappa shape index (κ3) is 5.55. The Morgan fingerprint density at radius 3 is 2.67 bits per heavy atom. The second-order valence-corrected chi connectivity index (χ2v) is 6.09. The maximum Gasteiger partial charge on any atom is 0.405 e. The molecule has 0 atom stereocenters. The van der Waals surface area contributed by atoms with Gasteiger partial charge in [-0.1, -0.05) is 17.8 Å². The molecule has 2 N–H and O–H groups in total. The predicted octanol–water partition coefficient (Wildman–Crippen LogP) is 1.82.